The fraction of sp³-hybridized carbons (Fsp3) is 0.462. The van der Waals surface area contributed by atoms with Crippen molar-refractivity contribution in [2.24, 2.45) is 0 Å². The first-order valence-corrected chi connectivity index (χ1v) is 5.70. The van der Waals surface area contributed by atoms with Gasteiger partial charge in [0.25, 0.3) is 0 Å². The van der Waals surface area contributed by atoms with Gasteiger partial charge in [-0.2, -0.15) is 0 Å². The quantitative estimate of drug-likeness (QED) is 0.794. The maximum absolute atomic E-state index is 11.5. The van der Waals surface area contributed by atoms with Gasteiger partial charge in [-0.15, -0.1) is 0 Å². The van der Waals surface area contributed by atoms with Crippen LogP contribution in [0.3, 0.4) is 0 Å². The Bertz CT molecular complexity index is 350. The number of hydrogen-bond donors (Lipinski definition) is 2. The molecule has 16 heavy (non-hydrogen) atoms. The van der Waals surface area contributed by atoms with E-state index in [9.17, 15) is 4.79 Å². The van der Waals surface area contributed by atoms with E-state index in [4.69, 9.17) is 0 Å². The molecule has 0 spiro atoms. The lowest BCUT2D eigenvalue weighted by Crippen LogP contribution is -2.35. The molecule has 2 N–H and O–H groups in total. The molecular formula is C13H20N2O. The van der Waals surface area contributed by atoms with E-state index in [0.29, 0.717) is 6.54 Å². The molecular weight excluding hydrogens is 200 g/mol. The van der Waals surface area contributed by atoms with Crippen LogP contribution in [-0.2, 0) is 4.79 Å². The molecule has 0 aromatic heterocycles. The van der Waals surface area contributed by atoms with Crippen LogP contribution in [0.5, 0.6) is 0 Å². The molecule has 1 aromatic rings. The highest BCUT2D eigenvalue weighted by Gasteiger charge is 2.10. The molecule has 1 rings (SSSR count). The fourth-order valence-electron chi connectivity index (χ4n) is 1.68. The smallest absolute Gasteiger partial charge is 0.234 e. The van der Waals surface area contributed by atoms with Crippen LogP contribution in [0.1, 0.15) is 31.0 Å². The molecule has 0 fully saturated rings. The molecule has 0 aliphatic carbocycles. The first kappa shape index (κ1) is 12.7. The number of rotatable bonds is 5. The largest absolute Gasteiger partial charge is 0.348 e. The Labute approximate surface area is 97.2 Å². The Hall–Kier alpha value is -1.35. The summed E-state index contributed by atoms with van der Waals surface area (Å²) in [4.78, 5) is 11.5. The maximum Gasteiger partial charge on any atom is 0.234 e. The van der Waals surface area contributed by atoms with Gasteiger partial charge in [0.1, 0.15) is 0 Å². The van der Waals surface area contributed by atoms with E-state index in [1.807, 2.05) is 32.0 Å². The van der Waals surface area contributed by atoms with E-state index in [1.165, 1.54) is 11.1 Å². The molecule has 0 radical (unpaired) electrons. The average Bonchev–Trinajstić information content (AvgIpc) is 2.26. The van der Waals surface area contributed by atoms with E-state index in [-0.39, 0.29) is 11.9 Å². The summed E-state index contributed by atoms with van der Waals surface area (Å²) < 4.78 is 0. The lowest BCUT2D eigenvalue weighted by molar-refractivity contribution is -0.120. The Kier molecular flexibility index (Phi) is 4.99. The van der Waals surface area contributed by atoms with Crippen molar-refractivity contribution in [3.63, 3.8) is 0 Å². The second kappa shape index (κ2) is 6.28. The lowest BCUT2D eigenvalue weighted by Gasteiger charge is -2.16. The predicted molar refractivity (Wildman–Crippen MR) is 66.3 cm³/mol. The summed E-state index contributed by atoms with van der Waals surface area (Å²) in [5, 5.41) is 5.98. The summed E-state index contributed by atoms with van der Waals surface area (Å²) in [6.07, 6.45) is 0. The van der Waals surface area contributed by atoms with Crippen molar-refractivity contribution in [2.45, 2.75) is 26.8 Å². The number of carbonyl (C=O) groups excluding carboxylic acids is 1. The van der Waals surface area contributed by atoms with Gasteiger partial charge in [0.15, 0.2) is 0 Å². The van der Waals surface area contributed by atoms with Crippen LogP contribution in [0.4, 0.5) is 0 Å². The van der Waals surface area contributed by atoms with Crippen molar-refractivity contribution in [2.75, 3.05) is 13.1 Å². The monoisotopic (exact) mass is 220 g/mol. The molecule has 1 amide bonds. The van der Waals surface area contributed by atoms with E-state index < -0.39 is 0 Å². The zero-order chi connectivity index (χ0) is 12.0. The van der Waals surface area contributed by atoms with Crippen LogP contribution in [0, 0.1) is 6.92 Å². The van der Waals surface area contributed by atoms with Crippen molar-refractivity contribution in [3.05, 3.63) is 35.4 Å². The standard InChI is InChI=1S/C13H20N2O/c1-4-14-9-13(16)15-11(3)12-8-6-5-7-10(12)2/h5-8,11,14H,4,9H2,1-3H3,(H,15,16)/t11-/m0/s1. The number of nitrogens with one attached hydrogen (secondary N) is 2. The van der Waals surface area contributed by atoms with E-state index in [0.717, 1.165) is 6.54 Å². The number of amides is 1. The average molecular weight is 220 g/mol. The summed E-state index contributed by atoms with van der Waals surface area (Å²) in [5.74, 6) is 0.0394. The second-order valence-electron chi connectivity index (χ2n) is 3.93. The normalized spacial score (nSPS) is 12.2. The van der Waals surface area contributed by atoms with Crippen LogP contribution in [-0.4, -0.2) is 19.0 Å². The molecule has 0 aliphatic heterocycles. The van der Waals surface area contributed by atoms with Crippen molar-refractivity contribution in [1.29, 1.82) is 0 Å². The van der Waals surface area contributed by atoms with E-state index in [1.54, 1.807) is 0 Å². The molecule has 1 aromatic carbocycles. The Morgan fingerprint density at radius 3 is 2.69 bits per heavy atom. The molecule has 0 saturated heterocycles. The first-order valence-electron chi connectivity index (χ1n) is 5.70. The minimum Gasteiger partial charge on any atom is -0.348 e. The zero-order valence-electron chi connectivity index (χ0n) is 10.2. The summed E-state index contributed by atoms with van der Waals surface area (Å²) in [7, 11) is 0. The third-order valence-electron chi connectivity index (χ3n) is 2.57. The van der Waals surface area contributed by atoms with Crippen molar-refractivity contribution in [1.82, 2.24) is 10.6 Å². The molecule has 0 heterocycles. The van der Waals surface area contributed by atoms with Crippen LogP contribution >= 0.6 is 0 Å². The number of carbonyl (C=O) groups is 1. The summed E-state index contributed by atoms with van der Waals surface area (Å²) >= 11 is 0. The molecule has 0 bridgehead atoms. The van der Waals surface area contributed by atoms with Crippen LogP contribution in [0.2, 0.25) is 0 Å². The SMILES string of the molecule is CCNCC(=O)N[C@@H](C)c1ccccc1C. The lowest BCUT2D eigenvalue weighted by atomic mass is 10.0. The van der Waals surface area contributed by atoms with Gasteiger partial charge in [0.05, 0.1) is 12.6 Å². The Balaban J connectivity index is 2.55. The predicted octanol–water partition coefficient (Wildman–Crippen LogP) is 1.78. The highest BCUT2D eigenvalue weighted by Crippen LogP contribution is 2.16. The zero-order valence-corrected chi connectivity index (χ0v) is 10.2. The molecule has 0 saturated carbocycles. The van der Waals surface area contributed by atoms with E-state index >= 15 is 0 Å². The highest BCUT2D eigenvalue weighted by molar-refractivity contribution is 5.78. The number of likely N-dealkylation sites (N-methyl/N-ethyl adjacent to an activating group) is 1. The second-order valence-corrected chi connectivity index (χ2v) is 3.93. The minimum absolute atomic E-state index is 0.0394. The molecule has 1 atom stereocenters. The Morgan fingerprint density at radius 2 is 2.06 bits per heavy atom. The topological polar surface area (TPSA) is 41.1 Å². The molecule has 88 valence electrons. The minimum atomic E-state index is 0.0394. The number of aryl methyl sites for hydroxylation is 1. The summed E-state index contributed by atoms with van der Waals surface area (Å²) in [6, 6.07) is 8.17. The van der Waals surface area contributed by atoms with Gasteiger partial charge >= 0.3 is 0 Å². The summed E-state index contributed by atoms with van der Waals surface area (Å²) in [6.45, 7) is 7.24. The van der Waals surface area contributed by atoms with E-state index in [2.05, 4.69) is 23.6 Å². The van der Waals surface area contributed by atoms with Gasteiger partial charge in [-0.25, -0.2) is 0 Å². The molecule has 3 heteroatoms. The van der Waals surface area contributed by atoms with Crippen LogP contribution in [0.15, 0.2) is 24.3 Å². The third kappa shape index (κ3) is 3.66. The van der Waals surface area contributed by atoms with Crippen LogP contribution in [0.25, 0.3) is 0 Å². The first-order chi connectivity index (χ1) is 7.65. The molecule has 3 nitrogen and oxygen atoms in total. The van der Waals surface area contributed by atoms with Gasteiger partial charge in [0, 0.05) is 0 Å². The maximum atomic E-state index is 11.5. The molecule has 0 unspecified atom stereocenters. The van der Waals surface area contributed by atoms with Crippen LogP contribution < -0.4 is 10.6 Å². The van der Waals surface area contributed by atoms with Gasteiger partial charge in [-0.1, -0.05) is 31.2 Å². The van der Waals surface area contributed by atoms with Crippen molar-refractivity contribution < 1.29 is 4.79 Å². The third-order valence-corrected chi connectivity index (χ3v) is 2.57. The Morgan fingerprint density at radius 1 is 1.38 bits per heavy atom. The highest BCUT2D eigenvalue weighted by atomic mass is 16.1. The summed E-state index contributed by atoms with van der Waals surface area (Å²) in [5.41, 5.74) is 2.38. The van der Waals surface area contributed by atoms with Crippen molar-refractivity contribution >= 4 is 5.91 Å². The van der Waals surface area contributed by atoms with Gasteiger partial charge in [-0.3, -0.25) is 4.79 Å². The van der Waals surface area contributed by atoms with Gasteiger partial charge in [0.2, 0.25) is 5.91 Å². The van der Waals surface area contributed by atoms with Gasteiger partial charge in [-0.05, 0) is 31.5 Å². The van der Waals surface area contributed by atoms with Gasteiger partial charge < -0.3 is 10.6 Å². The molecule has 0 aliphatic rings. The number of benzene rings is 1. The number of hydrogen-bond acceptors (Lipinski definition) is 2. The van der Waals surface area contributed by atoms with Crippen molar-refractivity contribution in [3.8, 4) is 0 Å². The fourth-order valence-corrected chi connectivity index (χ4v) is 1.68.